The number of fused-ring (bicyclic) bond motifs is 1. The van der Waals surface area contributed by atoms with E-state index in [1.807, 2.05) is 30.3 Å². The zero-order chi connectivity index (χ0) is 13.8. The number of Topliss-reactive ketones (excluding diaryl/α,β-unsaturated/α-hetero) is 1. The summed E-state index contributed by atoms with van der Waals surface area (Å²) in [5.74, 6) is -1.15. The monoisotopic (exact) mass is 276 g/mol. The van der Waals surface area contributed by atoms with Crippen molar-refractivity contribution in [1.29, 1.82) is 0 Å². The Morgan fingerprint density at radius 1 is 1.16 bits per heavy atom. The largest absolute Gasteiger partial charge is 0.465 e. The van der Waals surface area contributed by atoms with Gasteiger partial charge in [0.2, 0.25) is 0 Å². The third-order valence-electron chi connectivity index (χ3n) is 2.76. The smallest absolute Gasteiger partial charge is 0.332 e. The first kappa shape index (κ1) is 13.6. The maximum atomic E-state index is 12.1. The van der Waals surface area contributed by atoms with Crippen LogP contribution in [0.25, 0.3) is 10.8 Å². The van der Waals surface area contributed by atoms with E-state index in [2.05, 4.69) is 0 Å². The third-order valence-corrected chi connectivity index (χ3v) is 3.13. The molecule has 1 unspecified atom stereocenters. The Bertz CT molecular complexity index is 622. The van der Waals surface area contributed by atoms with E-state index < -0.39 is 17.1 Å². The molecule has 0 bridgehead atoms. The van der Waals surface area contributed by atoms with Crippen LogP contribution in [0.15, 0.2) is 42.5 Å². The highest BCUT2D eigenvalue weighted by molar-refractivity contribution is 6.43. The average molecular weight is 277 g/mol. The van der Waals surface area contributed by atoms with Gasteiger partial charge in [-0.3, -0.25) is 4.79 Å². The molecule has 2 rings (SSSR count). The molecule has 0 saturated carbocycles. The van der Waals surface area contributed by atoms with E-state index >= 15 is 0 Å². The van der Waals surface area contributed by atoms with Crippen LogP contribution >= 0.6 is 11.6 Å². The van der Waals surface area contributed by atoms with E-state index in [1.165, 1.54) is 0 Å². The lowest BCUT2D eigenvalue weighted by atomic mass is 10.0. The highest BCUT2D eigenvalue weighted by Crippen LogP contribution is 2.18. The Hall–Kier alpha value is -1.87. The molecule has 0 saturated heterocycles. The van der Waals surface area contributed by atoms with Crippen LogP contribution in [0, 0.1) is 0 Å². The lowest BCUT2D eigenvalue weighted by Gasteiger charge is -2.08. The second-order valence-electron chi connectivity index (χ2n) is 4.04. The molecular weight excluding hydrogens is 264 g/mol. The summed E-state index contributed by atoms with van der Waals surface area (Å²) in [7, 11) is 0. The predicted octanol–water partition coefficient (Wildman–Crippen LogP) is 3.19. The molecule has 0 aliphatic heterocycles. The van der Waals surface area contributed by atoms with Crippen LogP contribution in [0.4, 0.5) is 0 Å². The van der Waals surface area contributed by atoms with Crippen molar-refractivity contribution < 1.29 is 14.3 Å². The summed E-state index contributed by atoms with van der Waals surface area (Å²) >= 11 is 5.82. The van der Waals surface area contributed by atoms with Crippen LogP contribution in [-0.4, -0.2) is 23.7 Å². The molecule has 1 atom stereocenters. The zero-order valence-corrected chi connectivity index (χ0v) is 11.2. The van der Waals surface area contributed by atoms with Gasteiger partial charge in [-0.2, -0.15) is 0 Å². The topological polar surface area (TPSA) is 43.4 Å². The predicted molar refractivity (Wildman–Crippen MR) is 74.6 cm³/mol. The maximum Gasteiger partial charge on any atom is 0.332 e. The fourth-order valence-corrected chi connectivity index (χ4v) is 2.00. The van der Waals surface area contributed by atoms with Crippen molar-refractivity contribution in [3.8, 4) is 0 Å². The van der Waals surface area contributed by atoms with Gasteiger partial charge in [0.15, 0.2) is 11.2 Å². The fourth-order valence-electron chi connectivity index (χ4n) is 1.81. The minimum atomic E-state index is -1.29. The van der Waals surface area contributed by atoms with E-state index in [4.69, 9.17) is 16.3 Å². The van der Waals surface area contributed by atoms with Gasteiger partial charge in [-0.05, 0) is 23.8 Å². The number of hydrogen-bond acceptors (Lipinski definition) is 3. The minimum absolute atomic E-state index is 0.201. The fraction of sp³-hybridized carbons (Fsp3) is 0.200. The van der Waals surface area contributed by atoms with Gasteiger partial charge in [-0.25, -0.2) is 4.79 Å². The first-order valence-electron chi connectivity index (χ1n) is 5.97. The van der Waals surface area contributed by atoms with Crippen molar-refractivity contribution in [2.45, 2.75) is 12.3 Å². The van der Waals surface area contributed by atoms with Crippen LogP contribution in [0.5, 0.6) is 0 Å². The first-order valence-corrected chi connectivity index (χ1v) is 6.41. The van der Waals surface area contributed by atoms with Crippen molar-refractivity contribution in [2.75, 3.05) is 6.61 Å². The van der Waals surface area contributed by atoms with Crippen LogP contribution in [0.3, 0.4) is 0 Å². The lowest BCUT2D eigenvalue weighted by molar-refractivity contribution is -0.141. The molecule has 4 heteroatoms. The van der Waals surface area contributed by atoms with Crippen LogP contribution < -0.4 is 0 Å². The zero-order valence-electron chi connectivity index (χ0n) is 10.4. The van der Waals surface area contributed by atoms with Crippen molar-refractivity contribution in [2.24, 2.45) is 0 Å². The number of rotatable bonds is 4. The van der Waals surface area contributed by atoms with Gasteiger partial charge < -0.3 is 4.74 Å². The second kappa shape index (κ2) is 5.85. The van der Waals surface area contributed by atoms with Crippen molar-refractivity contribution in [3.05, 3.63) is 48.0 Å². The summed E-state index contributed by atoms with van der Waals surface area (Å²) in [4.78, 5) is 23.5. The Morgan fingerprint density at radius 3 is 2.53 bits per heavy atom. The Labute approximate surface area is 116 Å². The maximum absolute atomic E-state index is 12.1. The highest BCUT2D eigenvalue weighted by atomic mass is 35.5. The molecule has 0 aliphatic rings. The van der Waals surface area contributed by atoms with Gasteiger partial charge in [-0.1, -0.05) is 36.4 Å². The number of esters is 1. The number of carbonyl (C=O) groups is 2. The number of ether oxygens (including phenoxy) is 1. The summed E-state index contributed by atoms with van der Waals surface area (Å²) in [5, 5.41) is 0.670. The standard InChI is InChI=1S/C15H13ClO3/c1-2-19-15(18)13(16)14(17)12-8-7-10-5-3-4-6-11(10)9-12/h3-9,13H,2H2,1H3. The third kappa shape index (κ3) is 2.93. The molecule has 0 radical (unpaired) electrons. The minimum Gasteiger partial charge on any atom is -0.465 e. The number of hydrogen-bond donors (Lipinski definition) is 0. The average Bonchev–Trinajstić information content (AvgIpc) is 2.45. The van der Waals surface area contributed by atoms with Gasteiger partial charge in [0.25, 0.3) is 0 Å². The van der Waals surface area contributed by atoms with Gasteiger partial charge in [0, 0.05) is 5.56 Å². The first-order chi connectivity index (χ1) is 9.13. The summed E-state index contributed by atoms with van der Waals surface area (Å²) in [6, 6.07) is 12.9. The van der Waals surface area contributed by atoms with Gasteiger partial charge in [0.05, 0.1) is 6.61 Å². The van der Waals surface area contributed by atoms with E-state index in [0.29, 0.717) is 5.56 Å². The summed E-state index contributed by atoms with van der Waals surface area (Å²) < 4.78 is 4.74. The quantitative estimate of drug-likeness (QED) is 0.373. The molecule has 0 aromatic heterocycles. The molecule has 0 spiro atoms. The normalized spacial score (nSPS) is 12.1. The Morgan fingerprint density at radius 2 is 1.84 bits per heavy atom. The van der Waals surface area contributed by atoms with E-state index in [0.717, 1.165) is 10.8 Å². The molecule has 3 nitrogen and oxygen atoms in total. The number of carbonyl (C=O) groups excluding carboxylic acids is 2. The van der Waals surface area contributed by atoms with Gasteiger partial charge in [0.1, 0.15) is 0 Å². The molecule has 0 heterocycles. The molecule has 2 aromatic rings. The molecule has 19 heavy (non-hydrogen) atoms. The lowest BCUT2D eigenvalue weighted by Crippen LogP contribution is -2.26. The Kier molecular flexibility index (Phi) is 4.17. The molecule has 0 amide bonds. The SMILES string of the molecule is CCOC(=O)C(Cl)C(=O)c1ccc2ccccc2c1. The molecular formula is C15H13ClO3. The van der Waals surface area contributed by atoms with E-state index in [9.17, 15) is 9.59 Å². The van der Waals surface area contributed by atoms with E-state index in [1.54, 1.807) is 19.1 Å². The summed E-state index contributed by atoms with van der Waals surface area (Å²) in [5.41, 5.74) is 0.409. The highest BCUT2D eigenvalue weighted by Gasteiger charge is 2.26. The molecule has 0 aliphatic carbocycles. The van der Waals surface area contributed by atoms with Crippen LogP contribution in [-0.2, 0) is 9.53 Å². The van der Waals surface area contributed by atoms with Crippen molar-refractivity contribution in [1.82, 2.24) is 0 Å². The van der Waals surface area contributed by atoms with E-state index in [-0.39, 0.29) is 6.61 Å². The molecule has 0 fully saturated rings. The van der Waals surface area contributed by atoms with Gasteiger partial charge in [-0.15, -0.1) is 11.6 Å². The molecule has 98 valence electrons. The summed E-state index contributed by atoms with van der Waals surface area (Å²) in [6.07, 6.45) is 0. The second-order valence-corrected chi connectivity index (χ2v) is 4.48. The number of ketones is 1. The van der Waals surface area contributed by atoms with Crippen LogP contribution in [0.2, 0.25) is 0 Å². The van der Waals surface area contributed by atoms with Crippen molar-refractivity contribution in [3.63, 3.8) is 0 Å². The van der Waals surface area contributed by atoms with Crippen molar-refractivity contribution >= 4 is 34.1 Å². The van der Waals surface area contributed by atoms with Gasteiger partial charge >= 0.3 is 5.97 Å². The number of halogens is 1. The summed E-state index contributed by atoms with van der Waals surface area (Å²) in [6.45, 7) is 1.87. The Balaban J connectivity index is 2.28. The molecule has 2 aromatic carbocycles. The number of benzene rings is 2. The van der Waals surface area contributed by atoms with Crippen LogP contribution in [0.1, 0.15) is 17.3 Å². The molecule has 0 N–H and O–H groups in total. The number of alkyl halides is 1.